The van der Waals surface area contributed by atoms with Crippen molar-refractivity contribution in [2.45, 2.75) is 19.8 Å². The minimum absolute atomic E-state index is 0.390. The van der Waals surface area contributed by atoms with E-state index in [1.807, 2.05) is 12.1 Å². The van der Waals surface area contributed by atoms with Crippen LogP contribution in [0.2, 0.25) is 0 Å². The summed E-state index contributed by atoms with van der Waals surface area (Å²) in [5.41, 5.74) is 2.43. The van der Waals surface area contributed by atoms with E-state index >= 15 is 0 Å². The van der Waals surface area contributed by atoms with Gasteiger partial charge in [-0.2, -0.15) is 5.26 Å². The van der Waals surface area contributed by atoms with Crippen molar-refractivity contribution >= 4 is 5.97 Å². The van der Waals surface area contributed by atoms with E-state index in [-0.39, 0.29) is 5.97 Å². The molecule has 0 atom stereocenters. The Balaban J connectivity index is 2.03. The summed E-state index contributed by atoms with van der Waals surface area (Å²) in [6.45, 7) is 2.12. The molecule has 0 bridgehead atoms. The number of rotatable bonds is 4. The fourth-order valence-electron chi connectivity index (χ4n) is 1.97. The average Bonchev–Trinajstić information content (AvgIpc) is 2.55. The second-order valence-electron chi connectivity index (χ2n) is 4.72. The predicted octanol–water partition coefficient (Wildman–Crippen LogP) is 3.73. The zero-order valence-corrected chi connectivity index (χ0v) is 12.3. The zero-order chi connectivity index (χ0) is 15.8. The molecule has 0 aromatic heterocycles. The lowest BCUT2D eigenvalue weighted by Crippen LogP contribution is -2.08. The standard InChI is InChI=1S/C19H15NO2/c1-2-4-15-6-10-17(11-7-15)19(21)22-18-12-8-16(9-13-18)5-3-14-20/h6-13H,2,4H2,1H3. The number of nitrogens with zero attached hydrogens (tertiary/aromatic N) is 1. The number of carbonyl (C=O) groups excluding carboxylic acids is 1. The summed E-state index contributed by atoms with van der Waals surface area (Å²) < 4.78 is 5.31. The largest absolute Gasteiger partial charge is 0.423 e. The van der Waals surface area contributed by atoms with Crippen molar-refractivity contribution in [3.8, 4) is 23.7 Å². The van der Waals surface area contributed by atoms with Crippen LogP contribution in [0.5, 0.6) is 5.75 Å². The van der Waals surface area contributed by atoms with Crippen LogP contribution in [-0.4, -0.2) is 5.97 Å². The Morgan fingerprint density at radius 1 is 1.09 bits per heavy atom. The quantitative estimate of drug-likeness (QED) is 0.489. The molecule has 0 saturated heterocycles. The molecule has 0 N–H and O–H groups in total. The average molecular weight is 289 g/mol. The molecule has 3 nitrogen and oxygen atoms in total. The monoisotopic (exact) mass is 289 g/mol. The number of hydrogen-bond acceptors (Lipinski definition) is 3. The Kier molecular flexibility index (Phi) is 5.35. The van der Waals surface area contributed by atoms with Crippen LogP contribution in [0, 0.1) is 23.2 Å². The van der Waals surface area contributed by atoms with E-state index in [2.05, 4.69) is 18.8 Å². The first-order chi connectivity index (χ1) is 10.7. The van der Waals surface area contributed by atoms with Gasteiger partial charge in [0.2, 0.25) is 0 Å². The van der Waals surface area contributed by atoms with Crippen molar-refractivity contribution in [3.63, 3.8) is 0 Å². The predicted molar refractivity (Wildman–Crippen MR) is 84.3 cm³/mol. The first kappa shape index (κ1) is 15.4. The highest BCUT2D eigenvalue weighted by molar-refractivity contribution is 5.91. The van der Waals surface area contributed by atoms with Gasteiger partial charge in [-0.1, -0.05) is 31.4 Å². The van der Waals surface area contributed by atoms with Gasteiger partial charge in [0.1, 0.15) is 5.75 Å². The number of carbonyl (C=O) groups is 1. The molecule has 0 saturated carbocycles. The molecule has 0 aliphatic heterocycles. The highest BCUT2D eigenvalue weighted by atomic mass is 16.5. The third-order valence-corrected chi connectivity index (χ3v) is 3.06. The van der Waals surface area contributed by atoms with Crippen molar-refractivity contribution in [2.75, 3.05) is 0 Å². The summed E-state index contributed by atoms with van der Waals surface area (Å²) >= 11 is 0. The Hall–Kier alpha value is -3.04. The third kappa shape index (κ3) is 4.23. The van der Waals surface area contributed by atoms with Gasteiger partial charge in [0.05, 0.1) is 5.56 Å². The maximum atomic E-state index is 12.0. The van der Waals surface area contributed by atoms with Crippen LogP contribution in [0.3, 0.4) is 0 Å². The van der Waals surface area contributed by atoms with Crippen molar-refractivity contribution < 1.29 is 9.53 Å². The molecule has 2 aromatic carbocycles. The first-order valence-electron chi connectivity index (χ1n) is 7.04. The smallest absolute Gasteiger partial charge is 0.343 e. The summed E-state index contributed by atoms with van der Waals surface area (Å²) in [4.78, 5) is 12.0. The minimum Gasteiger partial charge on any atom is -0.423 e. The molecular formula is C19H15NO2. The van der Waals surface area contributed by atoms with Crippen LogP contribution in [-0.2, 0) is 6.42 Å². The number of aryl methyl sites for hydroxylation is 1. The number of esters is 1. The molecule has 0 radical (unpaired) electrons. The molecule has 0 aliphatic carbocycles. The van der Waals surface area contributed by atoms with Crippen LogP contribution in [0.15, 0.2) is 48.5 Å². The molecule has 22 heavy (non-hydrogen) atoms. The van der Waals surface area contributed by atoms with Gasteiger partial charge in [-0.25, -0.2) is 4.79 Å². The second kappa shape index (κ2) is 7.67. The van der Waals surface area contributed by atoms with Gasteiger partial charge in [0.25, 0.3) is 0 Å². The van der Waals surface area contributed by atoms with E-state index in [0.29, 0.717) is 16.9 Å². The van der Waals surface area contributed by atoms with Gasteiger partial charge in [0.15, 0.2) is 6.07 Å². The zero-order valence-electron chi connectivity index (χ0n) is 12.3. The number of hydrogen-bond donors (Lipinski definition) is 0. The van der Waals surface area contributed by atoms with Crippen LogP contribution in [0.25, 0.3) is 0 Å². The van der Waals surface area contributed by atoms with E-state index in [1.54, 1.807) is 42.5 Å². The SMILES string of the molecule is CCCc1ccc(C(=O)Oc2ccc(C#CC#N)cc2)cc1. The van der Waals surface area contributed by atoms with E-state index in [0.717, 1.165) is 12.8 Å². The molecule has 108 valence electrons. The molecule has 0 amide bonds. The van der Waals surface area contributed by atoms with E-state index in [9.17, 15) is 4.79 Å². The molecule has 0 fully saturated rings. The van der Waals surface area contributed by atoms with Gasteiger partial charge >= 0.3 is 5.97 Å². The van der Waals surface area contributed by atoms with Gasteiger partial charge in [0, 0.05) is 11.5 Å². The maximum Gasteiger partial charge on any atom is 0.343 e. The van der Waals surface area contributed by atoms with Crippen molar-refractivity contribution in [1.82, 2.24) is 0 Å². The highest BCUT2D eigenvalue weighted by Crippen LogP contribution is 2.14. The highest BCUT2D eigenvalue weighted by Gasteiger charge is 2.08. The molecule has 0 heterocycles. The van der Waals surface area contributed by atoms with E-state index in [1.165, 1.54) is 5.56 Å². The van der Waals surface area contributed by atoms with Gasteiger partial charge in [-0.15, -0.1) is 0 Å². The van der Waals surface area contributed by atoms with Crippen LogP contribution >= 0.6 is 0 Å². The van der Waals surface area contributed by atoms with Gasteiger partial charge in [-0.3, -0.25) is 0 Å². The Bertz CT molecular complexity index is 741. The topological polar surface area (TPSA) is 50.1 Å². The van der Waals surface area contributed by atoms with Crippen LogP contribution < -0.4 is 4.74 Å². The van der Waals surface area contributed by atoms with Gasteiger partial charge in [-0.05, 0) is 48.4 Å². The number of benzene rings is 2. The summed E-state index contributed by atoms with van der Waals surface area (Å²) in [6.07, 6.45) is 2.07. The molecule has 0 spiro atoms. The van der Waals surface area contributed by atoms with E-state index < -0.39 is 0 Å². The molecular weight excluding hydrogens is 274 g/mol. The van der Waals surface area contributed by atoms with Crippen molar-refractivity contribution in [1.29, 1.82) is 5.26 Å². The summed E-state index contributed by atoms with van der Waals surface area (Å²) in [5, 5.41) is 8.39. The minimum atomic E-state index is -0.390. The summed E-state index contributed by atoms with van der Waals surface area (Å²) in [5.74, 6) is 5.05. The molecule has 2 rings (SSSR count). The van der Waals surface area contributed by atoms with Crippen molar-refractivity contribution in [2.24, 2.45) is 0 Å². The summed E-state index contributed by atoms with van der Waals surface area (Å²) in [6, 6.07) is 15.9. The molecule has 0 unspecified atom stereocenters. The fourth-order valence-corrected chi connectivity index (χ4v) is 1.97. The molecule has 3 heteroatoms. The lowest BCUT2D eigenvalue weighted by atomic mass is 10.1. The van der Waals surface area contributed by atoms with E-state index in [4.69, 9.17) is 10.00 Å². The first-order valence-corrected chi connectivity index (χ1v) is 7.04. The lowest BCUT2D eigenvalue weighted by Gasteiger charge is -2.05. The van der Waals surface area contributed by atoms with Crippen LogP contribution in [0.1, 0.15) is 34.8 Å². The molecule has 2 aromatic rings. The van der Waals surface area contributed by atoms with Gasteiger partial charge < -0.3 is 4.74 Å². The molecule has 0 aliphatic rings. The normalized spacial score (nSPS) is 9.27. The maximum absolute atomic E-state index is 12.0. The Labute approximate surface area is 130 Å². The Morgan fingerprint density at radius 2 is 1.77 bits per heavy atom. The Morgan fingerprint density at radius 3 is 2.36 bits per heavy atom. The third-order valence-electron chi connectivity index (χ3n) is 3.06. The van der Waals surface area contributed by atoms with Crippen LogP contribution in [0.4, 0.5) is 0 Å². The summed E-state index contributed by atoms with van der Waals surface area (Å²) in [7, 11) is 0. The number of ether oxygens (including phenoxy) is 1. The lowest BCUT2D eigenvalue weighted by molar-refractivity contribution is 0.0735. The fraction of sp³-hybridized carbons (Fsp3) is 0.158. The number of nitriles is 1. The second-order valence-corrected chi connectivity index (χ2v) is 4.72. The van der Waals surface area contributed by atoms with Crippen molar-refractivity contribution in [3.05, 3.63) is 65.2 Å².